The van der Waals surface area contributed by atoms with E-state index in [1.54, 1.807) is 44.2 Å². The van der Waals surface area contributed by atoms with E-state index in [1.807, 2.05) is 27.7 Å². The first kappa shape index (κ1) is 59.8. The Balaban J connectivity index is 3.32. The predicted molar refractivity (Wildman–Crippen MR) is 248 cm³/mol. The molecule has 0 unspecified atom stereocenters. The summed E-state index contributed by atoms with van der Waals surface area (Å²) >= 11 is 0. The van der Waals surface area contributed by atoms with Crippen molar-refractivity contribution in [3.8, 4) is 0 Å². The molecule has 0 fully saturated rings. The number of rotatable bonds is 30. The smallest absolute Gasteiger partial charge is 0.326 e. The van der Waals surface area contributed by atoms with Crippen LogP contribution in [0, 0.1) is 17.8 Å². The van der Waals surface area contributed by atoms with Crippen LogP contribution in [0.25, 0.3) is 0 Å². The highest BCUT2D eigenvalue weighted by Gasteiger charge is 2.36. The summed E-state index contributed by atoms with van der Waals surface area (Å²) in [5.41, 5.74) is 11.9. The number of primary amides is 1. The molecule has 0 heterocycles. The quantitative estimate of drug-likeness (QED) is 0.0375. The van der Waals surface area contributed by atoms with Crippen LogP contribution in [-0.4, -0.2) is 142 Å². The summed E-state index contributed by atoms with van der Waals surface area (Å²) in [6.45, 7) is 13.5. The molecule has 23 heteroatoms. The van der Waals surface area contributed by atoms with E-state index in [1.165, 1.54) is 13.8 Å². The van der Waals surface area contributed by atoms with Gasteiger partial charge in [-0.25, -0.2) is 4.79 Å². The minimum atomic E-state index is -1.81. The van der Waals surface area contributed by atoms with Gasteiger partial charge in [0, 0.05) is 12.8 Å². The predicted octanol–water partition coefficient (Wildman–Crippen LogP) is -2.66. The molecule has 1 aromatic rings. The van der Waals surface area contributed by atoms with Gasteiger partial charge in [0.1, 0.15) is 48.3 Å². The second kappa shape index (κ2) is 29.5. The summed E-state index contributed by atoms with van der Waals surface area (Å²) in [7, 11) is 0. The average Bonchev–Trinajstić information content (AvgIpc) is 3.26. The van der Waals surface area contributed by atoms with E-state index >= 15 is 0 Å². The van der Waals surface area contributed by atoms with E-state index in [0.717, 1.165) is 6.92 Å². The third-order valence-electron chi connectivity index (χ3n) is 10.8. The van der Waals surface area contributed by atoms with E-state index in [9.17, 15) is 63.3 Å². The van der Waals surface area contributed by atoms with Gasteiger partial charge in [0.2, 0.25) is 53.2 Å². The lowest BCUT2D eigenvalue weighted by atomic mass is 9.99. The van der Waals surface area contributed by atoms with Gasteiger partial charge in [0.15, 0.2) is 0 Å². The first-order valence-corrected chi connectivity index (χ1v) is 22.7. The molecule has 0 bridgehead atoms. The lowest BCUT2D eigenvalue weighted by Gasteiger charge is -2.28. The molecular formula is C45H74N10O13. The highest BCUT2D eigenvalue weighted by molar-refractivity contribution is 5.98. The molecule has 11 atom stereocenters. The zero-order valence-electron chi connectivity index (χ0n) is 40.4. The van der Waals surface area contributed by atoms with Crippen LogP contribution >= 0.6 is 0 Å². The second-order valence-electron chi connectivity index (χ2n) is 17.9. The van der Waals surface area contributed by atoms with Crippen molar-refractivity contribution < 1.29 is 63.3 Å². The summed E-state index contributed by atoms with van der Waals surface area (Å²) < 4.78 is 0. The van der Waals surface area contributed by atoms with Crippen LogP contribution in [-0.2, 0) is 54.4 Å². The molecule has 68 heavy (non-hydrogen) atoms. The van der Waals surface area contributed by atoms with Gasteiger partial charge < -0.3 is 69.3 Å². The summed E-state index contributed by atoms with van der Waals surface area (Å²) in [4.78, 5) is 131. The number of hydrogen-bond donors (Lipinski definition) is 13. The van der Waals surface area contributed by atoms with Crippen molar-refractivity contribution in [2.45, 2.75) is 161 Å². The molecule has 0 aromatic heterocycles. The van der Waals surface area contributed by atoms with E-state index in [4.69, 9.17) is 11.5 Å². The van der Waals surface area contributed by atoms with Crippen LogP contribution < -0.4 is 54.0 Å². The van der Waals surface area contributed by atoms with Gasteiger partial charge in [-0.3, -0.25) is 43.2 Å². The van der Waals surface area contributed by atoms with Gasteiger partial charge in [0.05, 0.1) is 18.8 Å². The van der Waals surface area contributed by atoms with E-state index in [2.05, 4.69) is 42.5 Å². The second-order valence-corrected chi connectivity index (χ2v) is 17.9. The standard InChI is InChI=1S/C45H74N10O13/c1-10-24(6)35(45(67)68)54-38(60)26(8)49-43(65)33(21-56)53-44(66)36(27(9)57)55-42(64)32(20-28-14-12-11-13-15-28)52-40(62)30(16-17-34(47)58)50-37(59)25(7)48-41(63)31(19-23(4)5)51-39(61)29(46)18-22(2)3/h11-15,22-27,29-33,35-36,56-57H,10,16-21,46H2,1-9H3,(H2,47,58)(H,48,63)(H,49,65)(H,50,59)(H,51,61)(H,52,62)(H,53,66)(H,54,60)(H,55,64)(H,67,68)/t24-,25-,26-,27+,29-,30-,31-,32-,33-,35-,36-/m0/s1. The molecule has 0 radical (unpaired) electrons. The van der Waals surface area contributed by atoms with Crippen molar-refractivity contribution in [2.24, 2.45) is 29.2 Å². The Hall–Kier alpha value is -6.20. The maximum Gasteiger partial charge on any atom is 0.326 e. The third-order valence-corrected chi connectivity index (χ3v) is 10.8. The molecule has 9 amide bonds. The summed E-state index contributed by atoms with van der Waals surface area (Å²) in [6, 6.07) is -4.12. The fraction of sp³-hybridized carbons (Fsp3) is 0.644. The lowest BCUT2D eigenvalue weighted by molar-refractivity contribution is -0.143. The minimum Gasteiger partial charge on any atom is -0.480 e. The number of aliphatic hydroxyl groups is 2. The normalized spacial score (nSPS) is 16.1. The Kier molecular flexibility index (Phi) is 26.0. The number of carboxylic acid groups (broad SMARTS) is 1. The molecule has 0 spiro atoms. The number of nitrogens with two attached hydrogens (primary N) is 2. The number of carbonyl (C=O) groups excluding carboxylic acids is 9. The molecular weight excluding hydrogens is 889 g/mol. The van der Waals surface area contributed by atoms with Crippen molar-refractivity contribution >= 4 is 59.1 Å². The van der Waals surface area contributed by atoms with Crippen molar-refractivity contribution in [1.29, 1.82) is 0 Å². The molecule has 0 saturated carbocycles. The fourth-order valence-corrected chi connectivity index (χ4v) is 6.62. The molecule has 15 N–H and O–H groups in total. The molecule has 1 rings (SSSR count). The first-order chi connectivity index (χ1) is 31.7. The number of hydrogen-bond acceptors (Lipinski definition) is 13. The number of benzene rings is 1. The van der Waals surface area contributed by atoms with Gasteiger partial charge in [-0.1, -0.05) is 78.3 Å². The zero-order chi connectivity index (χ0) is 52.0. The Bertz CT molecular complexity index is 1880. The van der Waals surface area contributed by atoms with Gasteiger partial charge in [0.25, 0.3) is 0 Å². The zero-order valence-corrected chi connectivity index (χ0v) is 40.4. The molecule has 1 aromatic carbocycles. The van der Waals surface area contributed by atoms with Crippen LogP contribution in [0.2, 0.25) is 0 Å². The van der Waals surface area contributed by atoms with Crippen LogP contribution in [0.15, 0.2) is 30.3 Å². The van der Waals surface area contributed by atoms with Crippen molar-refractivity contribution in [3.05, 3.63) is 35.9 Å². The molecule has 382 valence electrons. The number of carboxylic acids is 1. The van der Waals surface area contributed by atoms with Crippen molar-refractivity contribution in [2.75, 3.05) is 6.61 Å². The number of carbonyl (C=O) groups is 10. The molecule has 0 saturated heterocycles. The van der Waals surface area contributed by atoms with E-state index in [0.29, 0.717) is 18.4 Å². The molecule has 23 nitrogen and oxygen atoms in total. The van der Waals surface area contributed by atoms with Crippen LogP contribution in [0.3, 0.4) is 0 Å². The summed E-state index contributed by atoms with van der Waals surface area (Å²) in [6.07, 6.45) is -1.60. The number of nitrogens with one attached hydrogen (secondary N) is 8. The first-order valence-electron chi connectivity index (χ1n) is 22.7. The fourth-order valence-electron chi connectivity index (χ4n) is 6.62. The highest BCUT2D eigenvalue weighted by Crippen LogP contribution is 2.11. The lowest BCUT2D eigenvalue weighted by Crippen LogP contribution is -2.62. The SMILES string of the molecule is CC[C@H](C)[C@H](NC(=O)[C@H](C)NC(=O)[C@H](CO)NC(=O)[C@@H](NC(=O)[C@H](Cc1ccccc1)NC(=O)[C@H](CCC(N)=O)NC(=O)[C@H](C)NC(=O)[C@H](CC(C)C)NC(=O)[C@@H](N)CC(C)C)[C@@H](C)O)C(=O)O. The Labute approximate surface area is 397 Å². The van der Waals surface area contributed by atoms with Crippen LogP contribution in [0.1, 0.15) is 100.0 Å². The Morgan fingerprint density at radius 3 is 1.50 bits per heavy atom. The highest BCUT2D eigenvalue weighted by atomic mass is 16.4. The Morgan fingerprint density at radius 2 is 1.01 bits per heavy atom. The van der Waals surface area contributed by atoms with Crippen molar-refractivity contribution in [3.63, 3.8) is 0 Å². The topological polar surface area (TPSA) is 380 Å². The monoisotopic (exact) mass is 963 g/mol. The van der Waals surface area contributed by atoms with Crippen molar-refractivity contribution in [1.82, 2.24) is 42.5 Å². The van der Waals surface area contributed by atoms with Gasteiger partial charge in [-0.2, -0.15) is 0 Å². The average molecular weight is 963 g/mol. The van der Waals surface area contributed by atoms with Gasteiger partial charge in [-0.15, -0.1) is 0 Å². The van der Waals surface area contributed by atoms with Gasteiger partial charge >= 0.3 is 5.97 Å². The number of aliphatic carboxylic acids is 1. The maximum atomic E-state index is 14.0. The number of amides is 9. The summed E-state index contributed by atoms with van der Waals surface area (Å²) in [5, 5.41) is 49.5. The minimum absolute atomic E-state index is 0.0549. The molecule has 0 aliphatic carbocycles. The number of aliphatic hydroxyl groups excluding tert-OH is 2. The van der Waals surface area contributed by atoms with Crippen LogP contribution in [0.5, 0.6) is 0 Å². The third kappa shape index (κ3) is 21.2. The maximum absolute atomic E-state index is 14.0. The van der Waals surface area contributed by atoms with E-state index < -0.39 is 139 Å². The largest absolute Gasteiger partial charge is 0.480 e. The summed E-state index contributed by atoms with van der Waals surface area (Å²) in [5.74, 6) is -9.73. The van der Waals surface area contributed by atoms with E-state index in [-0.39, 0.29) is 31.1 Å². The molecule has 0 aliphatic rings. The van der Waals surface area contributed by atoms with Gasteiger partial charge in [-0.05, 0) is 63.4 Å². The van der Waals surface area contributed by atoms with Crippen LogP contribution in [0.4, 0.5) is 0 Å². The Morgan fingerprint density at radius 1 is 0.559 bits per heavy atom. The molecule has 0 aliphatic heterocycles.